The van der Waals surface area contributed by atoms with Gasteiger partial charge in [0.1, 0.15) is 18.3 Å². The topological polar surface area (TPSA) is 101 Å². The third kappa shape index (κ3) is 3.76. The second-order valence-electron chi connectivity index (χ2n) is 5.04. The Morgan fingerprint density at radius 2 is 2.16 bits per heavy atom. The molecule has 0 atom stereocenters. The first-order chi connectivity index (χ1) is 12.1. The molecule has 0 fully saturated rings. The Morgan fingerprint density at radius 3 is 2.88 bits per heavy atom. The number of benzene rings is 1. The van der Waals surface area contributed by atoms with Gasteiger partial charge in [-0.3, -0.25) is 9.59 Å². The summed E-state index contributed by atoms with van der Waals surface area (Å²) in [5, 5.41) is 16.1. The Kier molecular flexibility index (Phi) is 4.64. The standard InChI is InChI=1S/C17H11ClN4O3/c18-12-4-3-11(9-19)14(8-12)20-16(23)10-22-17(24)6-5-13(21-22)15-2-1-7-25-15/h1-8H,10H2,(H,20,23). The van der Waals surface area contributed by atoms with E-state index >= 15 is 0 Å². The molecule has 1 N–H and O–H groups in total. The van der Waals surface area contributed by atoms with Crippen LogP contribution >= 0.6 is 11.6 Å². The SMILES string of the molecule is N#Cc1ccc(Cl)cc1NC(=O)Cn1nc(-c2ccco2)ccc1=O. The first-order valence-corrected chi connectivity index (χ1v) is 7.56. The largest absolute Gasteiger partial charge is 0.463 e. The number of carbonyl (C=O) groups excluding carboxylic acids is 1. The zero-order valence-electron chi connectivity index (χ0n) is 12.8. The summed E-state index contributed by atoms with van der Waals surface area (Å²) in [6.45, 7) is -0.315. The summed E-state index contributed by atoms with van der Waals surface area (Å²) < 4.78 is 6.25. The van der Waals surface area contributed by atoms with Crippen molar-refractivity contribution in [2.24, 2.45) is 0 Å². The van der Waals surface area contributed by atoms with Crippen molar-refractivity contribution >= 4 is 23.2 Å². The minimum atomic E-state index is -0.509. The Hall–Kier alpha value is -3.37. The van der Waals surface area contributed by atoms with E-state index in [1.165, 1.54) is 30.5 Å². The molecule has 2 heterocycles. The zero-order valence-corrected chi connectivity index (χ0v) is 13.5. The molecule has 1 amide bonds. The van der Waals surface area contributed by atoms with Gasteiger partial charge in [0.05, 0.1) is 17.5 Å². The lowest BCUT2D eigenvalue weighted by atomic mass is 10.2. The summed E-state index contributed by atoms with van der Waals surface area (Å²) in [6, 6.07) is 12.7. The van der Waals surface area contributed by atoms with E-state index in [9.17, 15) is 9.59 Å². The van der Waals surface area contributed by atoms with Crippen LogP contribution in [0, 0.1) is 11.3 Å². The van der Waals surface area contributed by atoms with Crippen molar-refractivity contribution in [2.45, 2.75) is 6.54 Å². The number of nitriles is 1. The summed E-state index contributed by atoms with van der Waals surface area (Å²) in [7, 11) is 0. The van der Waals surface area contributed by atoms with Crippen molar-refractivity contribution in [1.82, 2.24) is 9.78 Å². The van der Waals surface area contributed by atoms with Crippen molar-refractivity contribution in [3.63, 3.8) is 0 Å². The molecule has 0 aliphatic heterocycles. The Labute approximate surface area is 147 Å². The average molecular weight is 355 g/mol. The van der Waals surface area contributed by atoms with Crippen LogP contribution in [0.1, 0.15) is 5.56 Å². The van der Waals surface area contributed by atoms with Crippen LogP contribution in [-0.2, 0) is 11.3 Å². The van der Waals surface area contributed by atoms with Gasteiger partial charge in [-0.2, -0.15) is 10.4 Å². The van der Waals surface area contributed by atoms with Crippen LogP contribution in [0.3, 0.4) is 0 Å². The minimum absolute atomic E-state index is 0.266. The Morgan fingerprint density at radius 1 is 1.32 bits per heavy atom. The van der Waals surface area contributed by atoms with Gasteiger partial charge in [-0.15, -0.1) is 0 Å². The molecule has 3 aromatic rings. The summed E-state index contributed by atoms with van der Waals surface area (Å²) >= 11 is 5.88. The molecule has 7 nitrogen and oxygen atoms in total. The fourth-order valence-corrected chi connectivity index (χ4v) is 2.33. The minimum Gasteiger partial charge on any atom is -0.463 e. The molecule has 0 saturated carbocycles. The van der Waals surface area contributed by atoms with Crippen molar-refractivity contribution < 1.29 is 9.21 Å². The number of nitrogens with zero attached hydrogens (tertiary/aromatic N) is 3. The van der Waals surface area contributed by atoms with Gasteiger partial charge in [-0.25, -0.2) is 4.68 Å². The number of halogens is 1. The number of carbonyl (C=O) groups is 1. The predicted molar refractivity (Wildman–Crippen MR) is 91.0 cm³/mol. The lowest BCUT2D eigenvalue weighted by molar-refractivity contribution is -0.117. The van der Waals surface area contributed by atoms with Gasteiger partial charge < -0.3 is 9.73 Å². The number of aromatic nitrogens is 2. The molecule has 0 unspecified atom stereocenters. The van der Waals surface area contributed by atoms with Gasteiger partial charge in [0.2, 0.25) is 5.91 Å². The van der Waals surface area contributed by atoms with Crippen LogP contribution in [-0.4, -0.2) is 15.7 Å². The quantitative estimate of drug-likeness (QED) is 0.776. The van der Waals surface area contributed by atoms with Crippen LogP contribution in [0.2, 0.25) is 5.02 Å². The van der Waals surface area contributed by atoms with Gasteiger partial charge in [-0.1, -0.05) is 11.6 Å². The molecule has 0 spiro atoms. The number of nitrogens with one attached hydrogen (secondary N) is 1. The van der Waals surface area contributed by atoms with E-state index in [1.54, 1.807) is 18.2 Å². The molecule has 2 aromatic heterocycles. The van der Waals surface area contributed by atoms with E-state index in [2.05, 4.69) is 10.4 Å². The normalized spacial score (nSPS) is 10.2. The Balaban J connectivity index is 1.82. The molecule has 25 heavy (non-hydrogen) atoms. The maximum absolute atomic E-state index is 12.2. The summed E-state index contributed by atoms with van der Waals surface area (Å²) in [5.41, 5.74) is 0.535. The predicted octanol–water partition coefficient (Wildman–Crippen LogP) is 2.67. The van der Waals surface area contributed by atoms with Gasteiger partial charge in [0.15, 0.2) is 5.76 Å². The highest BCUT2D eigenvalue weighted by atomic mass is 35.5. The van der Waals surface area contributed by atoms with Gasteiger partial charge >= 0.3 is 0 Å². The summed E-state index contributed by atoms with van der Waals surface area (Å²) in [6.07, 6.45) is 1.49. The fraction of sp³-hybridized carbons (Fsp3) is 0.0588. The van der Waals surface area contributed by atoms with E-state index in [1.807, 2.05) is 6.07 Å². The smallest absolute Gasteiger partial charge is 0.267 e. The average Bonchev–Trinajstić information content (AvgIpc) is 3.11. The lowest BCUT2D eigenvalue weighted by Gasteiger charge is -2.09. The second kappa shape index (κ2) is 7.03. The first-order valence-electron chi connectivity index (χ1n) is 7.18. The molecule has 0 radical (unpaired) electrons. The molecule has 0 bridgehead atoms. The molecular formula is C17H11ClN4O3. The number of furan rings is 1. The molecular weight excluding hydrogens is 344 g/mol. The van der Waals surface area contributed by atoms with Crippen LogP contribution in [0.25, 0.3) is 11.5 Å². The highest BCUT2D eigenvalue weighted by Gasteiger charge is 2.11. The van der Waals surface area contributed by atoms with Gasteiger partial charge in [0, 0.05) is 11.1 Å². The lowest BCUT2D eigenvalue weighted by Crippen LogP contribution is -2.29. The van der Waals surface area contributed by atoms with Crippen LogP contribution in [0.15, 0.2) is 57.9 Å². The molecule has 0 aliphatic carbocycles. The molecule has 0 aliphatic rings. The second-order valence-corrected chi connectivity index (χ2v) is 5.48. The van der Waals surface area contributed by atoms with Crippen molar-refractivity contribution in [3.8, 4) is 17.5 Å². The number of rotatable bonds is 4. The van der Waals surface area contributed by atoms with Crippen LogP contribution in [0.4, 0.5) is 5.69 Å². The fourth-order valence-electron chi connectivity index (χ4n) is 2.16. The molecule has 1 aromatic carbocycles. The van der Waals surface area contributed by atoms with Gasteiger partial charge in [-0.05, 0) is 36.4 Å². The first kappa shape index (κ1) is 16.5. The van der Waals surface area contributed by atoms with Crippen molar-refractivity contribution in [1.29, 1.82) is 5.26 Å². The van der Waals surface area contributed by atoms with Crippen LogP contribution < -0.4 is 10.9 Å². The zero-order chi connectivity index (χ0) is 17.8. The third-order valence-electron chi connectivity index (χ3n) is 3.31. The maximum atomic E-state index is 12.2. The van der Waals surface area contributed by atoms with Crippen molar-refractivity contribution in [3.05, 3.63) is 69.7 Å². The van der Waals surface area contributed by atoms with Crippen molar-refractivity contribution in [2.75, 3.05) is 5.32 Å². The summed E-state index contributed by atoms with van der Waals surface area (Å²) in [4.78, 5) is 24.1. The van der Waals surface area contributed by atoms with Crippen LogP contribution in [0.5, 0.6) is 0 Å². The number of hydrogen-bond donors (Lipinski definition) is 1. The molecule has 124 valence electrons. The monoisotopic (exact) mass is 354 g/mol. The van der Waals surface area contributed by atoms with E-state index in [0.717, 1.165) is 4.68 Å². The summed E-state index contributed by atoms with van der Waals surface area (Å²) in [5.74, 6) is -0.0271. The molecule has 3 rings (SSSR count). The third-order valence-corrected chi connectivity index (χ3v) is 3.54. The van der Waals surface area contributed by atoms with E-state index in [0.29, 0.717) is 16.5 Å². The molecule has 8 heteroatoms. The van der Waals surface area contributed by atoms with Gasteiger partial charge in [0.25, 0.3) is 5.56 Å². The Bertz CT molecular complexity index is 1020. The number of hydrogen-bond acceptors (Lipinski definition) is 5. The van der Waals surface area contributed by atoms with E-state index in [4.69, 9.17) is 21.3 Å². The highest BCUT2D eigenvalue weighted by molar-refractivity contribution is 6.31. The van der Waals surface area contributed by atoms with E-state index in [-0.39, 0.29) is 17.8 Å². The van der Waals surface area contributed by atoms with E-state index < -0.39 is 11.5 Å². The molecule has 0 saturated heterocycles. The number of anilines is 1. The number of amides is 1. The highest BCUT2D eigenvalue weighted by Crippen LogP contribution is 2.20. The maximum Gasteiger partial charge on any atom is 0.267 e.